The highest BCUT2D eigenvalue weighted by Crippen LogP contribution is 2.39. The van der Waals surface area contributed by atoms with Gasteiger partial charge in [-0.05, 0) is 49.9 Å². The summed E-state index contributed by atoms with van der Waals surface area (Å²) >= 11 is 0. The van der Waals surface area contributed by atoms with Crippen LogP contribution in [0.2, 0.25) is 0 Å². The second-order valence-corrected chi connectivity index (χ2v) is 8.36. The molecule has 1 unspecified atom stereocenters. The Kier molecular flexibility index (Phi) is 8.25. The SMILES string of the molecule is CCOC(=O)OC1=C(c2ccc(C)c(C)c2C)C(=O)[NH+](OCCOC)C12CCN(OC)CC2. The maximum atomic E-state index is 13.9. The molecule has 0 saturated carbocycles. The summed E-state index contributed by atoms with van der Waals surface area (Å²) < 4.78 is 16.0. The number of hydroxylamine groups is 4. The zero-order valence-corrected chi connectivity index (χ0v) is 20.4. The third-order valence-corrected chi connectivity index (χ3v) is 6.67. The minimum Gasteiger partial charge on any atom is -0.434 e. The van der Waals surface area contributed by atoms with Gasteiger partial charge in [0.25, 0.3) is 0 Å². The summed E-state index contributed by atoms with van der Waals surface area (Å²) in [6.07, 6.45) is 0.166. The van der Waals surface area contributed by atoms with Crippen LogP contribution in [-0.4, -0.2) is 69.8 Å². The zero-order chi connectivity index (χ0) is 24.2. The van der Waals surface area contributed by atoms with Crippen molar-refractivity contribution in [3.63, 3.8) is 0 Å². The molecule has 33 heavy (non-hydrogen) atoms. The quantitative estimate of drug-likeness (QED) is 0.462. The van der Waals surface area contributed by atoms with Crippen molar-refractivity contribution in [1.82, 2.24) is 5.06 Å². The third kappa shape index (κ3) is 4.83. The van der Waals surface area contributed by atoms with E-state index in [4.69, 9.17) is 23.9 Å². The summed E-state index contributed by atoms with van der Waals surface area (Å²) in [5.74, 6) is 0.0445. The summed E-state index contributed by atoms with van der Waals surface area (Å²) in [6.45, 7) is 9.57. The van der Waals surface area contributed by atoms with Gasteiger partial charge in [-0.1, -0.05) is 12.1 Å². The van der Waals surface area contributed by atoms with Gasteiger partial charge in [0.15, 0.2) is 11.3 Å². The molecule has 1 spiro atoms. The minimum atomic E-state index is -0.882. The topological polar surface area (TPSA) is 88.0 Å². The Bertz CT molecular complexity index is 920. The number of benzene rings is 1. The van der Waals surface area contributed by atoms with Gasteiger partial charge < -0.3 is 19.0 Å². The molecule has 2 aliphatic heterocycles. The van der Waals surface area contributed by atoms with Crippen molar-refractivity contribution < 1.29 is 38.5 Å². The first-order valence-corrected chi connectivity index (χ1v) is 11.3. The number of hydrogen-bond donors (Lipinski definition) is 1. The lowest BCUT2D eigenvalue weighted by molar-refractivity contribution is -1.06. The Hall–Kier alpha value is -2.30. The fourth-order valence-electron chi connectivity index (χ4n) is 4.56. The highest BCUT2D eigenvalue weighted by molar-refractivity contribution is 6.18. The third-order valence-electron chi connectivity index (χ3n) is 6.67. The van der Waals surface area contributed by atoms with Crippen LogP contribution in [0, 0.1) is 20.8 Å². The molecule has 182 valence electrons. The molecule has 1 atom stereocenters. The first-order valence-electron chi connectivity index (χ1n) is 11.3. The standard InChI is InChI=1S/C24H34N2O7/c1-7-31-23(28)33-21-20(19-9-8-16(2)17(3)18(19)4)22(27)26(32-15-14-29-5)24(21)10-12-25(30-6)13-11-24/h8-9H,7,10-15H2,1-6H3/p+1. The van der Waals surface area contributed by atoms with Gasteiger partial charge in [0.05, 0.1) is 20.3 Å². The van der Waals surface area contributed by atoms with E-state index >= 15 is 0 Å². The van der Waals surface area contributed by atoms with Crippen LogP contribution in [0.5, 0.6) is 0 Å². The van der Waals surface area contributed by atoms with Gasteiger partial charge in [-0.3, -0.25) is 0 Å². The number of aryl methyl sites for hydroxylation is 1. The highest BCUT2D eigenvalue weighted by atomic mass is 16.7. The van der Waals surface area contributed by atoms with Crippen molar-refractivity contribution in [2.45, 2.75) is 46.1 Å². The molecule has 1 amide bonds. The normalized spacial score (nSPS) is 20.5. The van der Waals surface area contributed by atoms with E-state index in [1.165, 1.54) is 0 Å². The van der Waals surface area contributed by atoms with Crippen molar-refractivity contribution in [1.29, 1.82) is 0 Å². The second kappa shape index (κ2) is 10.8. The van der Waals surface area contributed by atoms with E-state index in [1.807, 2.05) is 38.0 Å². The second-order valence-electron chi connectivity index (χ2n) is 8.36. The average molecular weight is 464 g/mol. The van der Waals surface area contributed by atoms with Gasteiger partial charge in [-0.15, -0.1) is 5.06 Å². The fourth-order valence-corrected chi connectivity index (χ4v) is 4.56. The van der Waals surface area contributed by atoms with Crippen LogP contribution in [0.15, 0.2) is 17.9 Å². The molecule has 0 aromatic heterocycles. The largest absolute Gasteiger partial charge is 0.513 e. The van der Waals surface area contributed by atoms with Crippen LogP contribution in [0.1, 0.15) is 42.0 Å². The summed E-state index contributed by atoms with van der Waals surface area (Å²) in [7, 11) is 3.20. The van der Waals surface area contributed by atoms with E-state index in [2.05, 4.69) is 0 Å². The number of hydrogen-bond acceptors (Lipinski definition) is 8. The molecule has 2 heterocycles. The number of ether oxygens (including phenoxy) is 3. The first-order chi connectivity index (χ1) is 15.8. The summed E-state index contributed by atoms with van der Waals surface area (Å²) in [4.78, 5) is 37.8. The zero-order valence-electron chi connectivity index (χ0n) is 20.4. The Balaban J connectivity index is 2.17. The number of piperidine rings is 1. The van der Waals surface area contributed by atoms with Crippen molar-refractivity contribution in [2.24, 2.45) is 0 Å². The molecule has 3 rings (SSSR count). The van der Waals surface area contributed by atoms with E-state index in [1.54, 1.807) is 21.1 Å². The molecule has 0 radical (unpaired) electrons. The molecule has 1 aromatic rings. The lowest BCUT2D eigenvalue weighted by Gasteiger charge is -2.39. The van der Waals surface area contributed by atoms with Gasteiger partial charge in [0, 0.05) is 33.0 Å². The van der Waals surface area contributed by atoms with Crippen molar-refractivity contribution in [2.75, 3.05) is 47.1 Å². The molecule has 1 saturated heterocycles. The van der Waals surface area contributed by atoms with Crippen molar-refractivity contribution >= 4 is 17.6 Å². The maximum Gasteiger partial charge on any atom is 0.513 e. The number of carbonyl (C=O) groups is 2. The Morgan fingerprint density at radius 1 is 1.09 bits per heavy atom. The lowest BCUT2D eigenvalue weighted by atomic mass is 9.85. The predicted octanol–water partition coefficient (Wildman–Crippen LogP) is 1.90. The van der Waals surface area contributed by atoms with Gasteiger partial charge in [-0.25, -0.2) is 9.59 Å². The summed E-state index contributed by atoms with van der Waals surface area (Å²) in [6, 6.07) is 3.89. The van der Waals surface area contributed by atoms with Crippen LogP contribution in [-0.2, 0) is 28.7 Å². The van der Waals surface area contributed by atoms with E-state index in [9.17, 15) is 9.59 Å². The smallest absolute Gasteiger partial charge is 0.434 e. The average Bonchev–Trinajstić information content (AvgIpc) is 3.01. The Labute approximate surface area is 195 Å². The molecule has 0 aliphatic carbocycles. The Morgan fingerprint density at radius 3 is 2.39 bits per heavy atom. The summed E-state index contributed by atoms with van der Waals surface area (Å²) in [5.41, 5.74) is 3.39. The highest BCUT2D eigenvalue weighted by Gasteiger charge is 2.62. The van der Waals surface area contributed by atoms with Gasteiger partial charge >= 0.3 is 12.1 Å². The van der Waals surface area contributed by atoms with E-state index in [0.29, 0.717) is 48.9 Å². The number of amides is 1. The van der Waals surface area contributed by atoms with Crippen LogP contribution in [0.4, 0.5) is 4.79 Å². The molecule has 1 fully saturated rings. The number of rotatable bonds is 8. The number of nitrogens with zero attached hydrogens (tertiary/aromatic N) is 1. The van der Waals surface area contributed by atoms with E-state index in [-0.39, 0.29) is 19.1 Å². The van der Waals surface area contributed by atoms with E-state index in [0.717, 1.165) is 22.3 Å². The molecule has 1 aromatic carbocycles. The molecule has 9 heteroatoms. The van der Waals surface area contributed by atoms with Gasteiger partial charge in [0.2, 0.25) is 0 Å². The monoisotopic (exact) mass is 463 g/mol. The van der Waals surface area contributed by atoms with Crippen LogP contribution >= 0.6 is 0 Å². The lowest BCUT2D eigenvalue weighted by Crippen LogP contribution is -3.20. The van der Waals surface area contributed by atoms with Crippen molar-refractivity contribution in [3.8, 4) is 0 Å². The van der Waals surface area contributed by atoms with Gasteiger partial charge in [-0.2, -0.15) is 9.90 Å². The Morgan fingerprint density at radius 2 is 1.79 bits per heavy atom. The number of nitrogens with one attached hydrogen (secondary N) is 1. The maximum absolute atomic E-state index is 13.9. The van der Waals surface area contributed by atoms with Crippen LogP contribution < -0.4 is 5.06 Å². The molecule has 1 N–H and O–H groups in total. The fraction of sp³-hybridized carbons (Fsp3) is 0.583. The first kappa shape index (κ1) is 25.3. The molecule has 9 nitrogen and oxygen atoms in total. The number of carbonyl (C=O) groups excluding carboxylic acids is 2. The van der Waals surface area contributed by atoms with Crippen LogP contribution in [0.3, 0.4) is 0 Å². The predicted molar refractivity (Wildman–Crippen MR) is 120 cm³/mol. The van der Waals surface area contributed by atoms with E-state index < -0.39 is 11.7 Å². The van der Waals surface area contributed by atoms with Crippen LogP contribution in [0.25, 0.3) is 5.57 Å². The molecular weight excluding hydrogens is 428 g/mol. The number of methoxy groups -OCH3 is 1. The minimum absolute atomic E-state index is 0.170. The molecule has 2 aliphatic rings. The number of quaternary nitrogens is 1. The molecular formula is C24H35N2O7+. The van der Waals surface area contributed by atoms with Gasteiger partial charge in [0.1, 0.15) is 12.2 Å². The summed E-state index contributed by atoms with van der Waals surface area (Å²) in [5, 5.41) is 2.12. The van der Waals surface area contributed by atoms with Crippen molar-refractivity contribution in [3.05, 3.63) is 40.1 Å². The molecule has 0 bridgehead atoms.